The minimum absolute atomic E-state index is 0.0569. The molecule has 23 heavy (non-hydrogen) atoms. The maximum Gasteiger partial charge on any atom is 0.339 e. The molecule has 0 spiro atoms. The van der Waals surface area contributed by atoms with Gasteiger partial charge in [0.25, 0.3) is 0 Å². The molecule has 0 fully saturated rings. The van der Waals surface area contributed by atoms with E-state index in [2.05, 4.69) is 5.16 Å². The number of nitrogens with zero attached hydrogens (tertiary/aromatic N) is 1. The van der Waals surface area contributed by atoms with Crippen LogP contribution in [0.15, 0.2) is 70.1 Å². The van der Waals surface area contributed by atoms with Gasteiger partial charge in [-0.25, -0.2) is 4.79 Å². The Morgan fingerprint density at radius 2 is 1.87 bits per heavy atom. The highest BCUT2D eigenvalue weighted by molar-refractivity contribution is 7.98. The fraction of sp³-hybridized carbons (Fsp3) is 0.111. The second-order valence-electron chi connectivity index (χ2n) is 4.82. The van der Waals surface area contributed by atoms with E-state index in [0.29, 0.717) is 11.3 Å². The summed E-state index contributed by atoms with van der Waals surface area (Å²) in [5, 5.41) is 4.00. The summed E-state index contributed by atoms with van der Waals surface area (Å²) in [6.07, 6.45) is 1.93. The summed E-state index contributed by atoms with van der Waals surface area (Å²) in [7, 11) is 0. The van der Waals surface area contributed by atoms with Crippen LogP contribution in [0.5, 0.6) is 0 Å². The number of hydrogen-bond donors (Lipinski definition) is 0. The van der Waals surface area contributed by atoms with Crippen molar-refractivity contribution < 1.29 is 14.1 Å². The van der Waals surface area contributed by atoms with Crippen molar-refractivity contribution in [3.63, 3.8) is 0 Å². The van der Waals surface area contributed by atoms with Gasteiger partial charge in [-0.15, -0.1) is 11.8 Å². The molecule has 2 aromatic carbocycles. The van der Waals surface area contributed by atoms with Crippen LogP contribution in [-0.2, 0) is 11.3 Å². The highest BCUT2D eigenvalue weighted by atomic mass is 32.2. The van der Waals surface area contributed by atoms with E-state index in [1.54, 1.807) is 12.1 Å². The molecule has 0 unspecified atom stereocenters. The third kappa shape index (κ3) is 3.63. The molecule has 3 aromatic rings. The summed E-state index contributed by atoms with van der Waals surface area (Å²) in [6.45, 7) is 0.0569. The van der Waals surface area contributed by atoms with Gasteiger partial charge in [0.2, 0.25) is 0 Å². The largest absolute Gasteiger partial charge is 0.454 e. The minimum Gasteiger partial charge on any atom is -0.454 e. The number of carbonyl (C=O) groups excluding carboxylic acids is 1. The Morgan fingerprint density at radius 1 is 1.13 bits per heavy atom. The zero-order chi connectivity index (χ0) is 16.1. The Morgan fingerprint density at radius 3 is 2.65 bits per heavy atom. The van der Waals surface area contributed by atoms with E-state index in [1.807, 2.05) is 54.8 Å². The number of hydrogen-bond acceptors (Lipinski definition) is 5. The Kier molecular flexibility index (Phi) is 4.78. The second kappa shape index (κ2) is 7.15. The van der Waals surface area contributed by atoms with Crippen LogP contribution in [0, 0.1) is 0 Å². The average Bonchev–Trinajstić information content (AvgIpc) is 3.09. The first-order chi connectivity index (χ1) is 11.3. The van der Waals surface area contributed by atoms with E-state index < -0.39 is 0 Å². The molecule has 0 N–H and O–H groups in total. The number of thioether (sulfide) groups is 1. The monoisotopic (exact) mass is 325 g/mol. The van der Waals surface area contributed by atoms with Gasteiger partial charge in [-0.1, -0.05) is 47.6 Å². The third-order valence-corrected chi connectivity index (χ3v) is 4.10. The number of carbonyl (C=O) groups is 1. The summed E-state index contributed by atoms with van der Waals surface area (Å²) in [5.74, 6) is 0.145. The zero-order valence-electron chi connectivity index (χ0n) is 12.6. The highest BCUT2D eigenvalue weighted by Crippen LogP contribution is 2.22. The lowest BCUT2D eigenvalue weighted by Gasteiger charge is -2.06. The van der Waals surface area contributed by atoms with Crippen LogP contribution in [0.4, 0.5) is 0 Å². The van der Waals surface area contributed by atoms with E-state index in [4.69, 9.17) is 9.26 Å². The van der Waals surface area contributed by atoms with Crippen LogP contribution >= 0.6 is 11.8 Å². The van der Waals surface area contributed by atoms with Crippen LogP contribution in [0.2, 0.25) is 0 Å². The van der Waals surface area contributed by atoms with E-state index in [1.165, 1.54) is 11.8 Å². The molecule has 0 saturated heterocycles. The topological polar surface area (TPSA) is 52.3 Å². The lowest BCUT2D eigenvalue weighted by molar-refractivity contribution is 0.0433. The van der Waals surface area contributed by atoms with Crippen molar-refractivity contribution in [2.24, 2.45) is 0 Å². The molecule has 0 atom stereocenters. The van der Waals surface area contributed by atoms with Gasteiger partial charge in [-0.2, -0.15) is 0 Å². The quantitative estimate of drug-likeness (QED) is 0.513. The van der Waals surface area contributed by atoms with Crippen molar-refractivity contribution in [3.05, 3.63) is 72.0 Å². The molecule has 0 bridgehead atoms. The number of ether oxygens (including phenoxy) is 1. The SMILES string of the molecule is CSc1ccccc1C(=O)OCc1cc(-c2ccccc2)no1. The summed E-state index contributed by atoms with van der Waals surface area (Å²) < 4.78 is 10.5. The third-order valence-electron chi connectivity index (χ3n) is 3.30. The smallest absolute Gasteiger partial charge is 0.339 e. The molecule has 5 heteroatoms. The van der Waals surface area contributed by atoms with E-state index in [9.17, 15) is 4.79 Å². The highest BCUT2D eigenvalue weighted by Gasteiger charge is 2.14. The molecule has 0 aliphatic carbocycles. The van der Waals surface area contributed by atoms with Crippen molar-refractivity contribution in [1.29, 1.82) is 0 Å². The molecule has 4 nitrogen and oxygen atoms in total. The summed E-state index contributed by atoms with van der Waals surface area (Å²) >= 11 is 1.51. The van der Waals surface area contributed by atoms with Crippen LogP contribution < -0.4 is 0 Å². The van der Waals surface area contributed by atoms with Crippen LogP contribution in [-0.4, -0.2) is 17.4 Å². The van der Waals surface area contributed by atoms with Crippen LogP contribution in [0.1, 0.15) is 16.1 Å². The van der Waals surface area contributed by atoms with Crippen LogP contribution in [0.25, 0.3) is 11.3 Å². The Labute approximate surface area is 138 Å². The first-order valence-electron chi connectivity index (χ1n) is 7.09. The first kappa shape index (κ1) is 15.4. The predicted octanol–water partition coefficient (Wildman–Crippen LogP) is 4.42. The molecular formula is C18H15NO3S. The van der Waals surface area contributed by atoms with Crippen molar-refractivity contribution in [1.82, 2.24) is 5.16 Å². The molecule has 0 radical (unpaired) electrons. The number of esters is 1. The van der Waals surface area contributed by atoms with Crippen molar-refractivity contribution in [2.75, 3.05) is 6.26 Å². The van der Waals surface area contributed by atoms with Gasteiger partial charge >= 0.3 is 5.97 Å². The summed E-state index contributed by atoms with van der Waals surface area (Å²) in [4.78, 5) is 13.1. The molecule has 1 aromatic heterocycles. The average molecular weight is 325 g/mol. The maximum atomic E-state index is 12.2. The molecular weight excluding hydrogens is 310 g/mol. The van der Waals surface area contributed by atoms with E-state index >= 15 is 0 Å². The fourth-order valence-electron chi connectivity index (χ4n) is 2.15. The Balaban J connectivity index is 1.67. The van der Waals surface area contributed by atoms with Crippen molar-refractivity contribution >= 4 is 17.7 Å². The lowest BCUT2D eigenvalue weighted by atomic mass is 10.1. The van der Waals surface area contributed by atoms with Crippen molar-refractivity contribution in [2.45, 2.75) is 11.5 Å². The second-order valence-corrected chi connectivity index (χ2v) is 5.67. The fourth-order valence-corrected chi connectivity index (χ4v) is 2.74. The molecule has 0 aliphatic rings. The maximum absolute atomic E-state index is 12.2. The van der Waals surface area contributed by atoms with Gasteiger partial charge < -0.3 is 9.26 Å². The number of rotatable bonds is 5. The Bertz CT molecular complexity index is 799. The number of aromatic nitrogens is 1. The number of benzene rings is 2. The summed E-state index contributed by atoms with van der Waals surface area (Å²) in [6, 6.07) is 18.8. The standard InChI is InChI=1S/C18H15NO3S/c1-23-17-10-6-5-9-15(17)18(20)21-12-14-11-16(19-22-14)13-7-3-2-4-8-13/h2-11H,12H2,1H3. The van der Waals surface area contributed by atoms with E-state index in [0.717, 1.165) is 16.2 Å². The molecule has 116 valence electrons. The molecule has 0 aliphatic heterocycles. The summed E-state index contributed by atoms with van der Waals surface area (Å²) in [5.41, 5.74) is 2.24. The van der Waals surface area contributed by atoms with Gasteiger partial charge in [0.15, 0.2) is 12.4 Å². The van der Waals surface area contributed by atoms with E-state index in [-0.39, 0.29) is 12.6 Å². The molecule has 1 heterocycles. The van der Waals surface area contributed by atoms with Crippen LogP contribution in [0.3, 0.4) is 0 Å². The van der Waals surface area contributed by atoms with Gasteiger partial charge in [-0.05, 0) is 18.4 Å². The minimum atomic E-state index is -0.368. The first-order valence-corrected chi connectivity index (χ1v) is 8.31. The molecule has 0 saturated carbocycles. The molecule has 3 rings (SSSR count). The predicted molar refractivity (Wildman–Crippen MR) is 89.3 cm³/mol. The molecule has 0 amide bonds. The normalized spacial score (nSPS) is 10.5. The van der Waals surface area contributed by atoms with Crippen molar-refractivity contribution in [3.8, 4) is 11.3 Å². The zero-order valence-corrected chi connectivity index (χ0v) is 13.4. The van der Waals surface area contributed by atoms with Gasteiger partial charge in [0.05, 0.1) is 5.56 Å². The van der Waals surface area contributed by atoms with Gasteiger partial charge in [0.1, 0.15) is 5.69 Å². The lowest BCUT2D eigenvalue weighted by Crippen LogP contribution is -2.06. The van der Waals surface area contributed by atoms with Gasteiger partial charge in [-0.3, -0.25) is 0 Å². The van der Waals surface area contributed by atoms with Gasteiger partial charge in [0, 0.05) is 16.5 Å². The Hall–Kier alpha value is -2.53.